The van der Waals surface area contributed by atoms with Crippen LogP contribution < -0.4 is 21.0 Å². The van der Waals surface area contributed by atoms with Gasteiger partial charge in [-0.1, -0.05) is 48.5 Å². The van der Waals surface area contributed by atoms with E-state index in [2.05, 4.69) is 21.4 Å². The highest BCUT2D eigenvalue weighted by Gasteiger charge is 2.28. The summed E-state index contributed by atoms with van der Waals surface area (Å²) in [6.45, 7) is 1.50. The van der Waals surface area contributed by atoms with Crippen LogP contribution in [0, 0.1) is 6.92 Å². The van der Waals surface area contributed by atoms with E-state index in [1.54, 1.807) is 31.2 Å². The molecule has 1 heterocycles. The van der Waals surface area contributed by atoms with Crippen LogP contribution >= 0.6 is 0 Å². The minimum absolute atomic E-state index is 0.0875. The number of hydrazine groups is 1. The first-order chi connectivity index (χ1) is 17.0. The fourth-order valence-corrected chi connectivity index (χ4v) is 3.83. The lowest BCUT2D eigenvalue weighted by atomic mass is 9.93. The van der Waals surface area contributed by atoms with Gasteiger partial charge in [0.25, 0.3) is 5.91 Å². The number of para-hydroxylation sites is 1. The van der Waals surface area contributed by atoms with E-state index in [-0.39, 0.29) is 24.7 Å². The fraction of sp³-hybridized carbons (Fsp3) is 0.231. The number of hydrogen-bond acceptors (Lipinski definition) is 6. The van der Waals surface area contributed by atoms with Crippen LogP contribution in [-0.2, 0) is 22.4 Å². The van der Waals surface area contributed by atoms with Gasteiger partial charge in [0.1, 0.15) is 11.5 Å². The number of carbonyl (C=O) groups excluding carboxylic acids is 3. The summed E-state index contributed by atoms with van der Waals surface area (Å²) in [4.78, 5) is 37.0. The van der Waals surface area contributed by atoms with Gasteiger partial charge in [-0.15, -0.1) is 0 Å². The first kappa shape index (κ1) is 23.7. The summed E-state index contributed by atoms with van der Waals surface area (Å²) in [5, 5.41) is 4.32. The maximum atomic E-state index is 12.7. The molecule has 0 saturated heterocycles. The predicted molar refractivity (Wildman–Crippen MR) is 129 cm³/mol. The van der Waals surface area contributed by atoms with Crippen molar-refractivity contribution in [2.24, 2.45) is 5.10 Å². The lowest BCUT2D eigenvalue weighted by Crippen LogP contribution is -2.43. The average Bonchev–Trinajstić information content (AvgIpc) is 3.23. The van der Waals surface area contributed by atoms with Gasteiger partial charge < -0.3 is 9.15 Å². The Morgan fingerprint density at radius 3 is 2.40 bits per heavy atom. The van der Waals surface area contributed by atoms with Gasteiger partial charge in [-0.05, 0) is 37.5 Å². The number of hydrazone groups is 1. The number of carbonyl (C=O) groups is 3. The summed E-state index contributed by atoms with van der Waals surface area (Å²) < 4.78 is 11.2. The van der Waals surface area contributed by atoms with Crippen molar-refractivity contribution in [2.45, 2.75) is 32.6 Å². The monoisotopic (exact) mass is 474 g/mol. The summed E-state index contributed by atoms with van der Waals surface area (Å²) >= 11 is 0. The zero-order valence-corrected chi connectivity index (χ0v) is 19.3. The van der Waals surface area contributed by atoms with Crippen LogP contribution in [0.5, 0.6) is 5.75 Å². The molecule has 0 aliphatic heterocycles. The van der Waals surface area contributed by atoms with E-state index in [0.29, 0.717) is 35.6 Å². The van der Waals surface area contributed by atoms with Crippen molar-refractivity contribution in [1.29, 1.82) is 0 Å². The molecule has 3 aromatic rings. The molecule has 0 radical (unpaired) electrons. The number of amides is 3. The molecule has 0 bridgehead atoms. The largest absolute Gasteiger partial charge is 0.484 e. The van der Waals surface area contributed by atoms with E-state index in [4.69, 9.17) is 9.15 Å². The fourth-order valence-electron chi connectivity index (χ4n) is 3.83. The van der Waals surface area contributed by atoms with Crippen molar-refractivity contribution in [3.05, 3.63) is 88.9 Å². The molecule has 0 saturated carbocycles. The molecule has 0 unspecified atom stereocenters. The topological polar surface area (TPSA) is 122 Å². The molecule has 0 fully saturated rings. The molecule has 9 heteroatoms. The molecule has 1 aliphatic rings. The van der Waals surface area contributed by atoms with Gasteiger partial charge in [0, 0.05) is 17.5 Å². The van der Waals surface area contributed by atoms with E-state index in [0.717, 1.165) is 17.5 Å². The molecular formula is C26H26N4O5. The molecule has 1 aromatic heterocycles. The highest BCUT2D eigenvalue weighted by Crippen LogP contribution is 2.29. The molecule has 0 spiro atoms. The molecule has 3 amide bonds. The van der Waals surface area contributed by atoms with Crippen molar-refractivity contribution < 1.29 is 23.5 Å². The summed E-state index contributed by atoms with van der Waals surface area (Å²) in [7, 11) is 0. The maximum absolute atomic E-state index is 12.7. The van der Waals surface area contributed by atoms with Gasteiger partial charge in [0.2, 0.25) is 5.91 Å². The molecule has 3 N–H and O–H groups in total. The van der Waals surface area contributed by atoms with Crippen molar-refractivity contribution >= 4 is 23.4 Å². The zero-order chi connectivity index (χ0) is 24.6. The van der Waals surface area contributed by atoms with Gasteiger partial charge in [-0.3, -0.25) is 25.2 Å². The second-order valence-electron chi connectivity index (χ2n) is 8.07. The number of benzene rings is 2. The third-order valence-electron chi connectivity index (χ3n) is 5.48. The number of fused-ring (bicyclic) bond motifs is 1. The van der Waals surface area contributed by atoms with E-state index in [1.165, 1.54) is 0 Å². The van der Waals surface area contributed by atoms with Crippen LogP contribution in [-0.4, -0.2) is 30.0 Å². The Kier molecular flexibility index (Phi) is 7.57. The Hall–Kier alpha value is -4.40. The molecule has 1 aliphatic carbocycles. The normalized spacial score (nSPS) is 13.6. The van der Waals surface area contributed by atoms with Gasteiger partial charge in [-0.25, -0.2) is 5.43 Å². The summed E-state index contributed by atoms with van der Waals surface area (Å²) in [5.74, 6) is -0.0586. The van der Waals surface area contributed by atoms with Gasteiger partial charge >= 0.3 is 5.91 Å². The van der Waals surface area contributed by atoms with E-state index in [1.807, 2.05) is 36.4 Å². The van der Waals surface area contributed by atoms with Crippen LogP contribution in [0.2, 0.25) is 0 Å². The second-order valence-corrected chi connectivity index (χ2v) is 8.07. The number of aryl methyl sites for hydroxylation is 1. The van der Waals surface area contributed by atoms with Crippen molar-refractivity contribution in [2.75, 3.05) is 6.61 Å². The quantitative estimate of drug-likeness (QED) is 0.455. The Labute approximate surface area is 202 Å². The Bertz CT molecular complexity index is 1240. The predicted octanol–water partition coefficient (Wildman–Crippen LogP) is 2.83. The van der Waals surface area contributed by atoms with Crippen LogP contribution in [0.1, 0.15) is 45.8 Å². The molecular weight excluding hydrogens is 448 g/mol. The summed E-state index contributed by atoms with van der Waals surface area (Å²) in [6, 6.07) is 18.3. The van der Waals surface area contributed by atoms with Crippen LogP contribution in [0.4, 0.5) is 0 Å². The van der Waals surface area contributed by atoms with Crippen molar-refractivity contribution in [3.63, 3.8) is 0 Å². The van der Waals surface area contributed by atoms with E-state index in [9.17, 15) is 14.4 Å². The highest BCUT2D eigenvalue weighted by atomic mass is 16.5. The minimum Gasteiger partial charge on any atom is -0.484 e. The van der Waals surface area contributed by atoms with Gasteiger partial charge in [-0.2, -0.15) is 5.10 Å². The molecule has 0 atom stereocenters. The minimum atomic E-state index is -0.586. The van der Waals surface area contributed by atoms with Crippen molar-refractivity contribution in [1.82, 2.24) is 16.3 Å². The number of hydrogen-bond donors (Lipinski definition) is 3. The molecule has 9 nitrogen and oxygen atoms in total. The first-order valence-electron chi connectivity index (χ1n) is 11.3. The molecule has 35 heavy (non-hydrogen) atoms. The van der Waals surface area contributed by atoms with Gasteiger partial charge in [0.15, 0.2) is 12.4 Å². The number of ether oxygens (including phenoxy) is 1. The third-order valence-corrected chi connectivity index (χ3v) is 5.48. The van der Waals surface area contributed by atoms with Crippen LogP contribution in [0.3, 0.4) is 0 Å². The van der Waals surface area contributed by atoms with Crippen LogP contribution in [0.15, 0.2) is 70.2 Å². The lowest BCUT2D eigenvalue weighted by Gasteiger charge is -2.13. The third kappa shape index (κ3) is 6.14. The zero-order valence-electron chi connectivity index (χ0n) is 19.3. The standard InChI is InChI=1S/C26H26N4O5/c1-17-24-20(27-28-22(31)15-18-9-4-2-5-10-18)13-8-14-21(24)35-25(17)26(33)30-29-23(32)16-34-19-11-6-3-7-12-19/h2-7,9-12H,8,13-16H2,1H3,(H,28,31)(H,29,32)(H,30,33)/b27-20+. The Morgan fingerprint density at radius 2 is 1.66 bits per heavy atom. The highest BCUT2D eigenvalue weighted by molar-refractivity contribution is 6.06. The number of nitrogens with zero attached hydrogens (tertiary/aromatic N) is 1. The lowest BCUT2D eigenvalue weighted by molar-refractivity contribution is -0.124. The SMILES string of the molecule is Cc1c(C(=O)NNC(=O)COc2ccccc2)oc2c1/C(=N/NC(=O)Cc1ccccc1)CCC2. The van der Waals surface area contributed by atoms with E-state index < -0.39 is 11.8 Å². The average molecular weight is 475 g/mol. The summed E-state index contributed by atoms with van der Waals surface area (Å²) in [6.07, 6.45) is 2.30. The number of furan rings is 1. The molecule has 180 valence electrons. The van der Waals surface area contributed by atoms with Crippen LogP contribution in [0.25, 0.3) is 0 Å². The van der Waals surface area contributed by atoms with Gasteiger partial charge in [0.05, 0.1) is 12.1 Å². The molecule has 4 rings (SSSR count). The first-order valence-corrected chi connectivity index (χ1v) is 11.3. The number of rotatable bonds is 7. The summed E-state index contributed by atoms with van der Waals surface area (Å²) in [5.41, 5.74) is 10.2. The van der Waals surface area contributed by atoms with E-state index >= 15 is 0 Å². The Balaban J connectivity index is 1.36. The number of nitrogens with one attached hydrogen (secondary N) is 3. The Morgan fingerprint density at radius 1 is 0.943 bits per heavy atom. The molecule has 2 aromatic carbocycles. The van der Waals surface area contributed by atoms with Crippen molar-refractivity contribution in [3.8, 4) is 5.75 Å². The second kappa shape index (κ2) is 11.1. The smallest absolute Gasteiger partial charge is 0.305 e. The maximum Gasteiger partial charge on any atom is 0.305 e.